The lowest BCUT2D eigenvalue weighted by atomic mass is 10.2. The van der Waals surface area contributed by atoms with Gasteiger partial charge in [-0.15, -0.1) is 0 Å². The van der Waals surface area contributed by atoms with Gasteiger partial charge in [-0.2, -0.15) is 0 Å². The number of nitrogens with zero attached hydrogens (tertiary/aromatic N) is 1. The number of hydrogen-bond donors (Lipinski definition) is 1. The number of imidazole rings is 1. The van der Waals surface area contributed by atoms with E-state index in [0.717, 1.165) is 17.6 Å². The molecule has 0 aliphatic heterocycles. The fourth-order valence-corrected chi connectivity index (χ4v) is 2.46. The maximum Gasteiger partial charge on any atom is 0.182 e. The number of para-hydroxylation sites is 1. The summed E-state index contributed by atoms with van der Waals surface area (Å²) >= 11 is 5.25. The van der Waals surface area contributed by atoms with Crippen molar-refractivity contribution in [3.8, 4) is 11.4 Å². The molecule has 2 aromatic carbocycles. The topological polar surface area (TPSA) is 29.9 Å². The van der Waals surface area contributed by atoms with Crippen molar-refractivity contribution in [3.05, 3.63) is 52.8 Å². The average molecular weight is 292 g/mol. The molecular formula is C14H10F2N2OS. The highest BCUT2D eigenvalue weighted by Crippen LogP contribution is 2.27. The fourth-order valence-electron chi connectivity index (χ4n) is 2.15. The van der Waals surface area contributed by atoms with Gasteiger partial charge in [-0.3, -0.25) is 4.57 Å². The number of H-pyrrole nitrogens is 1. The van der Waals surface area contributed by atoms with E-state index < -0.39 is 11.6 Å². The van der Waals surface area contributed by atoms with Crippen LogP contribution in [0.2, 0.25) is 0 Å². The third kappa shape index (κ3) is 1.89. The lowest BCUT2D eigenvalue weighted by molar-refractivity contribution is 0.419. The van der Waals surface area contributed by atoms with Crippen molar-refractivity contribution in [1.82, 2.24) is 9.55 Å². The Kier molecular flexibility index (Phi) is 3.02. The molecule has 6 heteroatoms. The van der Waals surface area contributed by atoms with Crippen LogP contribution in [0, 0.1) is 16.4 Å². The first-order chi connectivity index (χ1) is 9.61. The number of ether oxygens (including phenoxy) is 1. The lowest BCUT2D eigenvalue weighted by Gasteiger charge is -2.06. The van der Waals surface area contributed by atoms with Gasteiger partial charge in [0.2, 0.25) is 0 Å². The highest BCUT2D eigenvalue weighted by Gasteiger charge is 2.11. The molecule has 3 rings (SSSR count). The summed E-state index contributed by atoms with van der Waals surface area (Å²) in [4.78, 5) is 3.02. The number of hydrogen-bond acceptors (Lipinski definition) is 2. The fraction of sp³-hybridized carbons (Fsp3) is 0.0714. The molecule has 0 saturated heterocycles. The van der Waals surface area contributed by atoms with Crippen LogP contribution in [0.1, 0.15) is 0 Å². The summed E-state index contributed by atoms with van der Waals surface area (Å²) in [5, 5.41) is 0. The molecule has 0 atom stereocenters. The SMILES string of the molecule is COc1cccc2c1[nH]c(=S)n2-c1ccc(F)c(F)c1. The zero-order valence-corrected chi connectivity index (χ0v) is 11.3. The highest BCUT2D eigenvalue weighted by atomic mass is 32.1. The van der Waals surface area contributed by atoms with E-state index in [0.29, 0.717) is 21.7 Å². The van der Waals surface area contributed by atoms with Gasteiger partial charge in [-0.25, -0.2) is 8.78 Å². The van der Waals surface area contributed by atoms with Gasteiger partial charge in [0.1, 0.15) is 11.3 Å². The first-order valence-electron chi connectivity index (χ1n) is 5.85. The molecule has 1 heterocycles. The Hall–Kier alpha value is -2.21. The lowest BCUT2D eigenvalue weighted by Crippen LogP contribution is -1.96. The van der Waals surface area contributed by atoms with Gasteiger partial charge in [-0.05, 0) is 36.5 Å². The molecule has 0 unspecified atom stereocenters. The molecule has 0 aliphatic rings. The first kappa shape index (κ1) is 12.8. The van der Waals surface area contributed by atoms with Gasteiger partial charge >= 0.3 is 0 Å². The Morgan fingerprint density at radius 1 is 1.15 bits per heavy atom. The summed E-state index contributed by atoms with van der Waals surface area (Å²) in [5.74, 6) is -1.17. The van der Waals surface area contributed by atoms with Crippen LogP contribution in [0.25, 0.3) is 16.7 Å². The number of rotatable bonds is 2. The zero-order valence-electron chi connectivity index (χ0n) is 10.5. The van der Waals surface area contributed by atoms with Crippen molar-refractivity contribution in [3.63, 3.8) is 0 Å². The summed E-state index contributed by atoms with van der Waals surface area (Å²) in [7, 11) is 1.56. The molecule has 0 amide bonds. The molecule has 0 bridgehead atoms. The number of benzene rings is 2. The van der Waals surface area contributed by atoms with E-state index in [1.807, 2.05) is 6.07 Å². The molecule has 0 fully saturated rings. The van der Waals surface area contributed by atoms with Gasteiger partial charge in [0.05, 0.1) is 18.3 Å². The Morgan fingerprint density at radius 2 is 1.95 bits per heavy atom. The molecule has 102 valence electrons. The second-order valence-corrected chi connectivity index (χ2v) is 4.61. The van der Waals surface area contributed by atoms with E-state index in [9.17, 15) is 8.78 Å². The van der Waals surface area contributed by atoms with E-state index in [1.165, 1.54) is 6.07 Å². The van der Waals surface area contributed by atoms with Gasteiger partial charge in [0.25, 0.3) is 0 Å². The third-order valence-electron chi connectivity index (χ3n) is 3.06. The Balaban J connectivity index is 2.33. The van der Waals surface area contributed by atoms with Gasteiger partial charge in [-0.1, -0.05) is 6.07 Å². The molecule has 0 saturated carbocycles. The highest BCUT2D eigenvalue weighted by molar-refractivity contribution is 7.71. The van der Waals surface area contributed by atoms with Crippen LogP contribution >= 0.6 is 12.2 Å². The van der Waals surface area contributed by atoms with Crippen molar-refractivity contribution in [1.29, 1.82) is 0 Å². The monoisotopic (exact) mass is 292 g/mol. The number of aromatic nitrogens is 2. The predicted octanol–water partition coefficient (Wildman–Crippen LogP) is 3.97. The predicted molar refractivity (Wildman–Crippen MR) is 74.9 cm³/mol. The molecule has 0 aliphatic carbocycles. The number of aromatic amines is 1. The van der Waals surface area contributed by atoms with Gasteiger partial charge < -0.3 is 9.72 Å². The van der Waals surface area contributed by atoms with E-state index in [-0.39, 0.29) is 0 Å². The molecule has 20 heavy (non-hydrogen) atoms. The molecular weight excluding hydrogens is 282 g/mol. The van der Waals surface area contributed by atoms with E-state index in [4.69, 9.17) is 17.0 Å². The largest absolute Gasteiger partial charge is 0.494 e. The van der Waals surface area contributed by atoms with Crippen LogP contribution in [0.3, 0.4) is 0 Å². The van der Waals surface area contributed by atoms with Crippen LogP contribution in [0.4, 0.5) is 8.78 Å². The molecule has 1 aromatic heterocycles. The van der Waals surface area contributed by atoms with Gasteiger partial charge in [0.15, 0.2) is 16.4 Å². The van der Waals surface area contributed by atoms with Crippen LogP contribution in [0.15, 0.2) is 36.4 Å². The quantitative estimate of drug-likeness (QED) is 0.724. The summed E-state index contributed by atoms with van der Waals surface area (Å²) < 4.78 is 33.7. The smallest absolute Gasteiger partial charge is 0.182 e. The van der Waals surface area contributed by atoms with Crippen molar-refractivity contribution in [2.75, 3.05) is 7.11 Å². The Labute approximate surface area is 118 Å². The van der Waals surface area contributed by atoms with Crippen LogP contribution < -0.4 is 4.74 Å². The standard InChI is InChI=1S/C14H10F2N2OS/c1-19-12-4-2-3-11-13(12)17-14(20)18(11)8-5-6-9(15)10(16)7-8/h2-7H,1H3,(H,17,20). The minimum Gasteiger partial charge on any atom is -0.494 e. The van der Waals surface area contributed by atoms with Crippen LogP contribution in [-0.2, 0) is 0 Å². The summed E-state index contributed by atoms with van der Waals surface area (Å²) in [6.45, 7) is 0. The average Bonchev–Trinajstić information content (AvgIpc) is 2.78. The minimum atomic E-state index is -0.915. The molecule has 0 radical (unpaired) electrons. The normalized spacial score (nSPS) is 10.9. The second-order valence-electron chi connectivity index (χ2n) is 4.22. The summed E-state index contributed by atoms with van der Waals surface area (Å²) in [6.07, 6.45) is 0. The number of nitrogens with one attached hydrogen (secondary N) is 1. The van der Waals surface area contributed by atoms with Crippen LogP contribution in [-0.4, -0.2) is 16.7 Å². The minimum absolute atomic E-state index is 0.385. The first-order valence-corrected chi connectivity index (χ1v) is 6.26. The van der Waals surface area contributed by atoms with E-state index in [1.54, 1.807) is 23.8 Å². The number of methoxy groups -OCH3 is 1. The zero-order chi connectivity index (χ0) is 14.3. The number of halogens is 2. The Bertz CT molecular complexity index is 854. The van der Waals surface area contributed by atoms with Crippen LogP contribution in [0.5, 0.6) is 5.75 Å². The molecule has 3 nitrogen and oxygen atoms in total. The molecule has 3 aromatic rings. The summed E-state index contributed by atoms with van der Waals surface area (Å²) in [5.41, 5.74) is 1.90. The van der Waals surface area contributed by atoms with Crippen molar-refractivity contribution >= 4 is 23.3 Å². The molecule has 1 N–H and O–H groups in total. The van der Waals surface area contributed by atoms with Crippen molar-refractivity contribution < 1.29 is 13.5 Å². The summed E-state index contributed by atoms with van der Waals surface area (Å²) in [6, 6.07) is 9.08. The van der Waals surface area contributed by atoms with Crippen molar-refractivity contribution in [2.24, 2.45) is 0 Å². The Morgan fingerprint density at radius 3 is 2.65 bits per heavy atom. The van der Waals surface area contributed by atoms with E-state index in [2.05, 4.69) is 4.98 Å². The van der Waals surface area contributed by atoms with E-state index >= 15 is 0 Å². The number of fused-ring (bicyclic) bond motifs is 1. The van der Waals surface area contributed by atoms with Crippen molar-refractivity contribution in [2.45, 2.75) is 0 Å². The maximum atomic E-state index is 13.4. The van der Waals surface area contributed by atoms with Gasteiger partial charge in [0, 0.05) is 6.07 Å². The maximum absolute atomic E-state index is 13.4. The molecule has 0 spiro atoms. The third-order valence-corrected chi connectivity index (χ3v) is 3.35. The second kappa shape index (κ2) is 4.72.